The lowest BCUT2D eigenvalue weighted by Gasteiger charge is -2.15. The van der Waals surface area contributed by atoms with Crippen LogP contribution in [0.1, 0.15) is 19.8 Å². The zero-order valence-corrected chi connectivity index (χ0v) is 10.9. The van der Waals surface area contributed by atoms with Gasteiger partial charge in [-0.25, -0.2) is 17.5 Å². The van der Waals surface area contributed by atoms with E-state index < -0.39 is 15.8 Å². The largest absolute Gasteiger partial charge is 0.260 e. The van der Waals surface area contributed by atoms with Gasteiger partial charge < -0.3 is 0 Å². The van der Waals surface area contributed by atoms with Crippen molar-refractivity contribution < 1.29 is 12.8 Å². The monoisotopic (exact) mass is 280 g/mol. The predicted molar refractivity (Wildman–Crippen MR) is 63.9 cm³/mol. The molecule has 1 N–H and O–H groups in total. The highest BCUT2D eigenvalue weighted by Gasteiger charge is 2.19. The molecule has 1 aromatic heterocycles. The molecule has 0 saturated heterocycles. The lowest BCUT2D eigenvalue weighted by atomic mass is 10.2. The first-order valence-corrected chi connectivity index (χ1v) is 7.20. The molecular formula is C10H14ClFN2O2S. The van der Waals surface area contributed by atoms with Gasteiger partial charge in [0.2, 0.25) is 10.0 Å². The van der Waals surface area contributed by atoms with Crippen molar-refractivity contribution >= 4 is 21.6 Å². The summed E-state index contributed by atoms with van der Waals surface area (Å²) in [6, 6.07) is 0.684. The second-order valence-electron chi connectivity index (χ2n) is 3.54. The molecule has 0 amide bonds. The Hall–Kier alpha value is -0.720. The zero-order chi connectivity index (χ0) is 12.9. The lowest BCUT2D eigenvalue weighted by Crippen LogP contribution is -2.34. The van der Waals surface area contributed by atoms with Gasteiger partial charge in [-0.3, -0.25) is 4.98 Å². The third-order valence-electron chi connectivity index (χ3n) is 2.26. The Kier molecular flexibility index (Phi) is 5.30. The van der Waals surface area contributed by atoms with Crippen LogP contribution < -0.4 is 4.72 Å². The number of aromatic nitrogens is 1. The predicted octanol–water partition coefficient (Wildman–Crippen LogP) is 1.91. The number of hydrogen-bond donors (Lipinski definition) is 1. The lowest BCUT2D eigenvalue weighted by molar-refractivity contribution is 0.529. The normalized spacial score (nSPS) is 13.6. The summed E-state index contributed by atoms with van der Waals surface area (Å²) in [4.78, 5) is 3.33. The molecule has 17 heavy (non-hydrogen) atoms. The Labute approximate surface area is 105 Å². The summed E-state index contributed by atoms with van der Waals surface area (Å²) in [5.41, 5.74) is 0. The van der Waals surface area contributed by atoms with Gasteiger partial charge in [0.05, 0.1) is 6.20 Å². The molecule has 96 valence electrons. The highest BCUT2D eigenvalue weighted by Crippen LogP contribution is 2.11. The summed E-state index contributed by atoms with van der Waals surface area (Å²) in [5.74, 6) is -0.319. The molecule has 0 aliphatic carbocycles. The van der Waals surface area contributed by atoms with Gasteiger partial charge in [0.1, 0.15) is 10.7 Å². The minimum atomic E-state index is -3.73. The van der Waals surface area contributed by atoms with Crippen LogP contribution in [0.25, 0.3) is 0 Å². The first kappa shape index (κ1) is 14.3. The van der Waals surface area contributed by atoms with Crippen LogP contribution in [0.3, 0.4) is 0 Å². The maximum Gasteiger partial charge on any atom is 0.242 e. The van der Waals surface area contributed by atoms with Crippen molar-refractivity contribution in [3.8, 4) is 0 Å². The summed E-state index contributed by atoms with van der Waals surface area (Å²) in [6.07, 6.45) is 3.21. The van der Waals surface area contributed by atoms with Crippen molar-refractivity contribution in [2.75, 3.05) is 5.88 Å². The Bertz CT molecular complexity index is 467. The van der Waals surface area contributed by atoms with Crippen molar-refractivity contribution in [2.45, 2.75) is 30.7 Å². The maximum atomic E-state index is 12.9. The molecule has 0 aromatic carbocycles. The van der Waals surface area contributed by atoms with Crippen LogP contribution in [0.5, 0.6) is 0 Å². The van der Waals surface area contributed by atoms with Gasteiger partial charge in [-0.05, 0) is 18.9 Å². The Morgan fingerprint density at radius 2 is 2.24 bits per heavy atom. The van der Waals surface area contributed by atoms with Crippen molar-refractivity contribution in [3.05, 3.63) is 24.3 Å². The molecule has 0 spiro atoms. The summed E-state index contributed by atoms with van der Waals surface area (Å²) >= 11 is 5.57. The zero-order valence-electron chi connectivity index (χ0n) is 9.36. The first-order chi connectivity index (χ1) is 7.99. The van der Waals surface area contributed by atoms with Gasteiger partial charge in [-0.2, -0.15) is 0 Å². The fraction of sp³-hybridized carbons (Fsp3) is 0.500. The summed E-state index contributed by atoms with van der Waals surface area (Å²) in [7, 11) is -3.73. The number of nitrogens with zero attached hydrogens (tertiary/aromatic N) is 1. The first-order valence-electron chi connectivity index (χ1n) is 5.18. The molecule has 1 unspecified atom stereocenters. The molecule has 1 rings (SSSR count). The van der Waals surface area contributed by atoms with Gasteiger partial charge in [0.15, 0.2) is 0 Å². The van der Waals surface area contributed by atoms with Gasteiger partial charge >= 0.3 is 0 Å². The van der Waals surface area contributed by atoms with E-state index in [1.807, 2.05) is 6.92 Å². The Balaban J connectivity index is 2.88. The molecule has 1 atom stereocenters. The van der Waals surface area contributed by atoms with Gasteiger partial charge in [-0.1, -0.05) is 6.92 Å². The Morgan fingerprint density at radius 1 is 1.53 bits per heavy atom. The van der Waals surface area contributed by atoms with Gasteiger partial charge in [0, 0.05) is 18.1 Å². The van der Waals surface area contributed by atoms with Gasteiger partial charge in [0.25, 0.3) is 0 Å². The molecule has 0 fully saturated rings. The molecule has 7 heteroatoms. The van der Waals surface area contributed by atoms with Crippen LogP contribution >= 0.6 is 11.6 Å². The average Bonchev–Trinajstić information content (AvgIpc) is 2.28. The molecule has 0 radical (unpaired) electrons. The van der Waals surface area contributed by atoms with E-state index in [0.29, 0.717) is 18.7 Å². The third kappa shape index (κ3) is 4.22. The number of rotatable bonds is 6. The fourth-order valence-electron chi connectivity index (χ4n) is 1.30. The molecule has 0 aliphatic rings. The van der Waals surface area contributed by atoms with Crippen molar-refractivity contribution in [2.24, 2.45) is 0 Å². The van der Waals surface area contributed by atoms with E-state index in [1.54, 1.807) is 0 Å². The van der Waals surface area contributed by atoms with E-state index in [4.69, 9.17) is 11.6 Å². The van der Waals surface area contributed by atoms with E-state index in [1.165, 1.54) is 0 Å². The topological polar surface area (TPSA) is 59.1 Å². The van der Waals surface area contributed by atoms with E-state index in [0.717, 1.165) is 18.5 Å². The molecule has 0 bridgehead atoms. The van der Waals surface area contributed by atoms with Crippen LogP contribution in [0.4, 0.5) is 4.39 Å². The number of nitrogens with one attached hydrogen (secondary N) is 1. The molecule has 4 nitrogen and oxygen atoms in total. The highest BCUT2D eigenvalue weighted by molar-refractivity contribution is 7.89. The number of sulfonamides is 1. The van der Waals surface area contributed by atoms with Crippen LogP contribution in [-0.2, 0) is 10.0 Å². The molecule has 1 aromatic rings. The molecule has 0 aliphatic heterocycles. The summed E-state index contributed by atoms with van der Waals surface area (Å²) in [5, 5.41) is 0. The van der Waals surface area contributed by atoms with Crippen molar-refractivity contribution in [1.82, 2.24) is 9.71 Å². The van der Waals surface area contributed by atoms with Crippen LogP contribution in [0, 0.1) is 5.82 Å². The summed E-state index contributed by atoms with van der Waals surface area (Å²) < 4.78 is 39.1. The number of pyridine rings is 1. The van der Waals surface area contributed by atoms with E-state index in [2.05, 4.69) is 9.71 Å². The van der Waals surface area contributed by atoms with Crippen LogP contribution in [0.2, 0.25) is 0 Å². The maximum absolute atomic E-state index is 12.9. The second-order valence-corrected chi connectivity index (χ2v) is 5.63. The third-order valence-corrected chi connectivity index (χ3v) is 3.97. The minimum Gasteiger partial charge on any atom is -0.260 e. The SMILES string of the molecule is CCC(CCCl)NS(=O)(=O)c1cncc(F)c1. The second kappa shape index (κ2) is 6.28. The van der Waals surface area contributed by atoms with Crippen molar-refractivity contribution in [3.63, 3.8) is 0 Å². The number of alkyl halides is 1. The Morgan fingerprint density at radius 3 is 2.76 bits per heavy atom. The molecular weight excluding hydrogens is 267 g/mol. The van der Waals surface area contributed by atoms with Crippen LogP contribution in [-0.4, -0.2) is 25.3 Å². The molecule has 1 heterocycles. The van der Waals surface area contributed by atoms with E-state index in [9.17, 15) is 12.8 Å². The summed E-state index contributed by atoms with van der Waals surface area (Å²) in [6.45, 7) is 1.85. The number of halogens is 2. The van der Waals surface area contributed by atoms with Crippen molar-refractivity contribution in [1.29, 1.82) is 0 Å². The van der Waals surface area contributed by atoms with E-state index >= 15 is 0 Å². The minimum absolute atomic E-state index is 0.175. The average molecular weight is 281 g/mol. The van der Waals surface area contributed by atoms with Crippen LogP contribution in [0.15, 0.2) is 23.4 Å². The fourth-order valence-corrected chi connectivity index (χ4v) is 2.90. The quantitative estimate of drug-likeness (QED) is 0.810. The number of hydrogen-bond acceptors (Lipinski definition) is 3. The van der Waals surface area contributed by atoms with E-state index in [-0.39, 0.29) is 10.9 Å². The highest BCUT2D eigenvalue weighted by atomic mass is 35.5. The molecule has 0 saturated carbocycles. The van der Waals surface area contributed by atoms with Gasteiger partial charge in [-0.15, -0.1) is 11.6 Å². The standard InChI is InChI=1S/C10H14ClFN2O2S/c1-2-9(3-4-11)14-17(15,16)10-5-8(12)6-13-7-10/h5-7,9,14H,2-4H2,1H3. The smallest absolute Gasteiger partial charge is 0.242 e.